The Kier molecular flexibility index (Phi) is 12.8. The summed E-state index contributed by atoms with van der Waals surface area (Å²) in [7, 11) is 4.59. The third kappa shape index (κ3) is 9.13. The van der Waals surface area contributed by atoms with Gasteiger partial charge in [-0.3, -0.25) is 14.9 Å². The molecule has 2 amide bonds. The molecule has 9 atom stereocenters. The molecule has 3 aliphatic rings. The molecular formula is C36H51ClN2O9S. The number of nitrogens with one attached hydrogen (secondary N) is 1. The van der Waals surface area contributed by atoms with Gasteiger partial charge in [0.25, 0.3) is 0 Å². The predicted octanol–water partition coefficient (Wildman–Crippen LogP) is 5.79. The molecule has 13 heteroatoms. The lowest BCUT2D eigenvalue weighted by atomic mass is 9.83. The molecule has 8 unspecified atom stereocenters. The second-order valence-corrected chi connectivity index (χ2v) is 15.2. The van der Waals surface area contributed by atoms with E-state index in [4.69, 9.17) is 35.3 Å². The normalized spacial score (nSPS) is 33.6. The van der Waals surface area contributed by atoms with Crippen molar-refractivity contribution in [1.82, 2.24) is 5.32 Å². The van der Waals surface area contributed by atoms with Gasteiger partial charge < -0.3 is 33.7 Å². The van der Waals surface area contributed by atoms with Crippen LogP contribution in [0.1, 0.15) is 72.3 Å². The first kappa shape index (κ1) is 39.0. The Balaban J connectivity index is 1.75. The highest BCUT2D eigenvalue weighted by molar-refractivity contribution is 7.80. The number of halogens is 1. The minimum atomic E-state index is -1.78. The van der Waals surface area contributed by atoms with Crippen molar-refractivity contribution in [3.8, 4) is 5.75 Å². The smallest absolute Gasteiger partial charge is 0.409 e. The number of methoxy groups -OCH3 is 2. The highest BCUT2D eigenvalue weighted by Crippen LogP contribution is 2.49. The van der Waals surface area contributed by atoms with Gasteiger partial charge in [0, 0.05) is 26.5 Å². The molecule has 0 aromatic heterocycles. The van der Waals surface area contributed by atoms with E-state index in [9.17, 15) is 19.5 Å². The number of benzene rings is 1. The SMILES string of the molecule is COc1cc2cc(c1Cl)N(C)C(=O)CC(OC(=O)[C@@H](C)CCCC(C)S)C1(C)OC1C(C)C1CC(O)(NC(=O)O1)C(OC)/C=C/C=C(\C)C2. The van der Waals surface area contributed by atoms with E-state index >= 15 is 0 Å². The number of rotatable bonds is 8. The van der Waals surface area contributed by atoms with Gasteiger partial charge in [-0.2, -0.15) is 12.6 Å². The lowest BCUT2D eigenvalue weighted by molar-refractivity contribution is -0.158. The number of amides is 2. The zero-order chi connectivity index (χ0) is 36.3. The molecule has 1 aromatic carbocycles. The lowest BCUT2D eigenvalue weighted by Gasteiger charge is -2.42. The summed E-state index contributed by atoms with van der Waals surface area (Å²) in [6.07, 6.45) is 3.86. The van der Waals surface area contributed by atoms with E-state index in [2.05, 4.69) is 17.9 Å². The Morgan fingerprint density at radius 1 is 1.24 bits per heavy atom. The van der Waals surface area contributed by atoms with Crippen LogP contribution in [-0.4, -0.2) is 85.3 Å². The molecule has 2 N–H and O–H groups in total. The number of nitrogens with zero attached hydrogens (tertiary/aromatic N) is 1. The molecule has 0 saturated carbocycles. The third-order valence-electron chi connectivity index (χ3n) is 9.87. The summed E-state index contributed by atoms with van der Waals surface area (Å²) >= 11 is 11.2. The molecule has 2 saturated heterocycles. The number of hydrogen-bond donors (Lipinski definition) is 3. The molecule has 0 aliphatic carbocycles. The quantitative estimate of drug-likeness (QED) is 0.173. The van der Waals surface area contributed by atoms with E-state index in [0.717, 1.165) is 24.0 Å². The minimum absolute atomic E-state index is 0.00174. The van der Waals surface area contributed by atoms with E-state index in [0.29, 0.717) is 24.3 Å². The van der Waals surface area contributed by atoms with Crippen molar-refractivity contribution < 1.29 is 43.2 Å². The zero-order valence-electron chi connectivity index (χ0n) is 29.7. The summed E-state index contributed by atoms with van der Waals surface area (Å²) in [6, 6.07) is 3.65. The van der Waals surface area contributed by atoms with Crippen LogP contribution >= 0.6 is 24.2 Å². The van der Waals surface area contributed by atoms with Gasteiger partial charge in [0.1, 0.15) is 34.7 Å². The lowest BCUT2D eigenvalue weighted by Crippen LogP contribution is -2.63. The summed E-state index contributed by atoms with van der Waals surface area (Å²) in [5, 5.41) is 14.7. The average Bonchev–Trinajstić information content (AvgIpc) is 3.73. The van der Waals surface area contributed by atoms with Crippen LogP contribution in [-0.2, 0) is 35.0 Å². The number of anilines is 1. The van der Waals surface area contributed by atoms with Gasteiger partial charge in [0.05, 0.1) is 31.2 Å². The fraction of sp³-hybridized carbons (Fsp3) is 0.639. The number of hydrogen-bond acceptors (Lipinski definition) is 10. The second-order valence-electron chi connectivity index (χ2n) is 13.9. The van der Waals surface area contributed by atoms with Crippen molar-refractivity contribution in [2.45, 2.75) is 114 Å². The number of thiol groups is 1. The number of ether oxygens (including phenoxy) is 5. The monoisotopic (exact) mass is 722 g/mol. The average molecular weight is 723 g/mol. The van der Waals surface area contributed by atoms with Crippen molar-refractivity contribution in [3.63, 3.8) is 0 Å². The number of carbonyl (C=O) groups excluding carboxylic acids is 3. The van der Waals surface area contributed by atoms with Gasteiger partial charge >= 0.3 is 12.1 Å². The molecule has 1 aromatic rings. The van der Waals surface area contributed by atoms with Gasteiger partial charge in [-0.05, 0) is 56.1 Å². The molecule has 4 bridgehead atoms. The van der Waals surface area contributed by atoms with Gasteiger partial charge in [-0.15, -0.1) is 0 Å². The Labute approximate surface area is 300 Å². The van der Waals surface area contributed by atoms with E-state index in [-0.39, 0.29) is 29.0 Å². The van der Waals surface area contributed by atoms with Gasteiger partial charge in [-0.1, -0.05) is 62.6 Å². The van der Waals surface area contributed by atoms with Crippen LogP contribution in [0.15, 0.2) is 35.9 Å². The first-order valence-corrected chi connectivity index (χ1v) is 17.7. The van der Waals surface area contributed by atoms with Crippen LogP contribution in [0.2, 0.25) is 5.02 Å². The Hall–Kier alpha value is -2.77. The van der Waals surface area contributed by atoms with Crippen molar-refractivity contribution in [2.75, 3.05) is 26.2 Å². The van der Waals surface area contributed by atoms with Gasteiger partial charge in [0.2, 0.25) is 5.91 Å². The molecule has 4 rings (SSSR count). The first-order valence-electron chi connectivity index (χ1n) is 16.8. The molecule has 11 nitrogen and oxygen atoms in total. The fourth-order valence-corrected chi connectivity index (χ4v) is 7.19. The highest BCUT2D eigenvalue weighted by Gasteiger charge is 2.64. The van der Waals surface area contributed by atoms with Crippen molar-refractivity contribution in [3.05, 3.63) is 46.5 Å². The number of allylic oxidation sites excluding steroid dienone is 3. The molecule has 0 spiro atoms. The summed E-state index contributed by atoms with van der Waals surface area (Å²) in [5.74, 6) is -1.24. The molecule has 2 fully saturated rings. The topological polar surface area (TPSA) is 136 Å². The van der Waals surface area contributed by atoms with Crippen LogP contribution < -0.4 is 15.0 Å². The first-order chi connectivity index (χ1) is 23.0. The number of carbonyl (C=O) groups is 3. The number of alkyl carbamates (subject to hydrolysis) is 1. The third-order valence-corrected chi connectivity index (χ3v) is 10.5. The van der Waals surface area contributed by atoms with Crippen LogP contribution in [0.3, 0.4) is 0 Å². The maximum atomic E-state index is 14.0. The fourth-order valence-electron chi connectivity index (χ4n) is 6.70. The molecule has 272 valence electrons. The van der Waals surface area contributed by atoms with Crippen molar-refractivity contribution >= 4 is 47.9 Å². The van der Waals surface area contributed by atoms with E-state index in [1.807, 2.05) is 45.9 Å². The van der Waals surface area contributed by atoms with Gasteiger partial charge in [0.15, 0.2) is 5.72 Å². The van der Waals surface area contributed by atoms with E-state index in [1.54, 1.807) is 26.1 Å². The largest absolute Gasteiger partial charge is 0.495 e. The summed E-state index contributed by atoms with van der Waals surface area (Å²) in [6.45, 7) is 9.39. The van der Waals surface area contributed by atoms with E-state index < -0.39 is 59.6 Å². The maximum absolute atomic E-state index is 14.0. The number of aliphatic hydroxyl groups is 1. The molecular weight excluding hydrogens is 672 g/mol. The summed E-state index contributed by atoms with van der Waals surface area (Å²) in [4.78, 5) is 41.7. The predicted molar refractivity (Wildman–Crippen MR) is 190 cm³/mol. The molecule has 3 heterocycles. The van der Waals surface area contributed by atoms with Crippen LogP contribution in [0.5, 0.6) is 5.75 Å². The van der Waals surface area contributed by atoms with Crippen molar-refractivity contribution in [1.29, 1.82) is 0 Å². The van der Waals surface area contributed by atoms with Gasteiger partial charge in [-0.25, -0.2) is 4.79 Å². The zero-order valence-corrected chi connectivity index (χ0v) is 31.3. The molecule has 3 aliphatic heterocycles. The Morgan fingerprint density at radius 2 is 1.96 bits per heavy atom. The number of fused-ring (bicyclic) bond motifs is 5. The van der Waals surface area contributed by atoms with E-state index in [1.165, 1.54) is 19.1 Å². The number of epoxide rings is 1. The summed E-state index contributed by atoms with van der Waals surface area (Å²) in [5.41, 5.74) is -0.622. The minimum Gasteiger partial charge on any atom is -0.495 e. The molecule has 0 radical (unpaired) electrons. The second kappa shape index (κ2) is 16.1. The van der Waals surface area contributed by atoms with Crippen molar-refractivity contribution in [2.24, 2.45) is 11.8 Å². The standard InChI is InChI=1S/C36H51ClN2O9S/c1-20-11-9-14-28(45-8)36(43)19-27(46-34(42)38-36)23(4)32-35(5,48-32)29(47-33(41)21(2)12-10-13-22(3)49)18-30(40)39(6)25-16-24(15-20)17-26(44-7)31(25)37/h9,11,14,16-17,21-23,27-29,32,43,49H,10,12-13,15,18-19H2,1-8H3,(H,38,42)/b14-9+,20-11+/t21-,22?,23?,27?,28?,29?,32?,35?,36?/m0/s1. The summed E-state index contributed by atoms with van der Waals surface area (Å²) < 4.78 is 29.3. The van der Waals surface area contributed by atoms with Crippen LogP contribution in [0.4, 0.5) is 10.5 Å². The Bertz CT molecular complexity index is 1450. The Morgan fingerprint density at radius 3 is 2.61 bits per heavy atom. The van der Waals surface area contributed by atoms with Crippen LogP contribution in [0, 0.1) is 11.8 Å². The highest BCUT2D eigenvalue weighted by atomic mass is 35.5. The number of esters is 1. The van der Waals surface area contributed by atoms with Crippen LogP contribution in [0.25, 0.3) is 0 Å². The maximum Gasteiger partial charge on any atom is 0.409 e. The molecule has 49 heavy (non-hydrogen) atoms.